The SMILES string of the molecule is CCC(Sc1cccc(NC(=O)c2ccc(C)cc2)c1)C(=O)Nc1ccncc1. The molecule has 6 heteroatoms. The van der Waals surface area contributed by atoms with Crippen molar-refractivity contribution in [2.24, 2.45) is 0 Å². The first-order chi connectivity index (χ1) is 14.0. The second-order valence-corrected chi connectivity index (χ2v) is 7.86. The van der Waals surface area contributed by atoms with Crippen molar-refractivity contribution in [3.8, 4) is 0 Å². The topological polar surface area (TPSA) is 71.1 Å². The molecule has 0 aliphatic carbocycles. The van der Waals surface area contributed by atoms with E-state index in [4.69, 9.17) is 0 Å². The lowest BCUT2D eigenvalue weighted by atomic mass is 10.1. The van der Waals surface area contributed by atoms with E-state index in [1.165, 1.54) is 11.8 Å². The zero-order valence-electron chi connectivity index (χ0n) is 16.4. The molecule has 0 spiro atoms. The Morgan fingerprint density at radius 1 is 0.966 bits per heavy atom. The van der Waals surface area contributed by atoms with Gasteiger partial charge in [-0.25, -0.2) is 0 Å². The molecule has 3 aromatic rings. The van der Waals surface area contributed by atoms with E-state index in [1.54, 1.807) is 36.7 Å². The second-order valence-electron chi connectivity index (χ2n) is 6.59. The number of thioether (sulfide) groups is 1. The highest BCUT2D eigenvalue weighted by Gasteiger charge is 2.18. The van der Waals surface area contributed by atoms with Gasteiger partial charge >= 0.3 is 0 Å². The minimum absolute atomic E-state index is 0.0576. The van der Waals surface area contributed by atoms with Gasteiger partial charge in [-0.3, -0.25) is 14.6 Å². The molecular weight excluding hydrogens is 382 g/mol. The number of rotatable bonds is 7. The fraction of sp³-hybridized carbons (Fsp3) is 0.174. The number of carbonyl (C=O) groups excluding carboxylic acids is 2. The molecule has 2 amide bonds. The average Bonchev–Trinajstić information content (AvgIpc) is 2.73. The van der Waals surface area contributed by atoms with Gasteiger partial charge in [0.1, 0.15) is 0 Å². The molecule has 2 N–H and O–H groups in total. The molecule has 0 bridgehead atoms. The van der Waals surface area contributed by atoms with Gasteiger partial charge in [0, 0.05) is 34.2 Å². The molecule has 1 heterocycles. The van der Waals surface area contributed by atoms with Crippen LogP contribution in [0.25, 0.3) is 0 Å². The number of hydrogen-bond acceptors (Lipinski definition) is 4. The third-order valence-electron chi connectivity index (χ3n) is 4.30. The molecule has 0 aliphatic heterocycles. The molecule has 2 aromatic carbocycles. The van der Waals surface area contributed by atoms with Crippen molar-refractivity contribution in [3.63, 3.8) is 0 Å². The molecular formula is C23H23N3O2S. The number of aromatic nitrogens is 1. The summed E-state index contributed by atoms with van der Waals surface area (Å²) in [5.41, 5.74) is 3.14. The lowest BCUT2D eigenvalue weighted by Gasteiger charge is -2.15. The van der Waals surface area contributed by atoms with Gasteiger partial charge in [0.05, 0.1) is 5.25 Å². The summed E-state index contributed by atoms with van der Waals surface area (Å²) in [7, 11) is 0. The lowest BCUT2D eigenvalue weighted by molar-refractivity contribution is -0.115. The van der Waals surface area contributed by atoms with Crippen molar-refractivity contribution in [3.05, 3.63) is 84.2 Å². The van der Waals surface area contributed by atoms with Crippen molar-refractivity contribution in [2.75, 3.05) is 10.6 Å². The Balaban J connectivity index is 1.65. The molecule has 0 aliphatic rings. The number of hydrogen-bond donors (Lipinski definition) is 2. The molecule has 0 radical (unpaired) electrons. The van der Waals surface area contributed by atoms with Gasteiger partial charge in [0.25, 0.3) is 5.91 Å². The molecule has 29 heavy (non-hydrogen) atoms. The van der Waals surface area contributed by atoms with Crippen LogP contribution < -0.4 is 10.6 Å². The van der Waals surface area contributed by atoms with Gasteiger partial charge in [-0.15, -0.1) is 11.8 Å². The highest BCUT2D eigenvalue weighted by Crippen LogP contribution is 2.28. The van der Waals surface area contributed by atoms with Gasteiger partial charge in [0.15, 0.2) is 0 Å². The quantitative estimate of drug-likeness (QED) is 0.533. The van der Waals surface area contributed by atoms with Crippen molar-refractivity contribution in [2.45, 2.75) is 30.4 Å². The Morgan fingerprint density at radius 2 is 1.69 bits per heavy atom. The van der Waals surface area contributed by atoms with E-state index in [0.717, 1.165) is 16.1 Å². The van der Waals surface area contributed by atoms with Crippen LogP contribution in [0.1, 0.15) is 29.3 Å². The average molecular weight is 406 g/mol. The summed E-state index contributed by atoms with van der Waals surface area (Å²) in [5.74, 6) is -0.215. The molecule has 148 valence electrons. The number of pyridine rings is 1. The Labute approximate surface area is 175 Å². The summed E-state index contributed by atoms with van der Waals surface area (Å²) in [6, 6.07) is 18.5. The van der Waals surface area contributed by atoms with E-state index in [2.05, 4.69) is 15.6 Å². The molecule has 1 unspecified atom stereocenters. The monoisotopic (exact) mass is 405 g/mol. The van der Waals surface area contributed by atoms with E-state index in [-0.39, 0.29) is 17.1 Å². The van der Waals surface area contributed by atoms with Gasteiger partial charge in [-0.1, -0.05) is 30.7 Å². The summed E-state index contributed by atoms with van der Waals surface area (Å²) in [5, 5.41) is 5.59. The van der Waals surface area contributed by atoms with E-state index >= 15 is 0 Å². The molecule has 1 atom stereocenters. The summed E-state index contributed by atoms with van der Waals surface area (Å²) in [6.07, 6.45) is 3.97. The van der Waals surface area contributed by atoms with Gasteiger partial charge in [-0.2, -0.15) is 0 Å². The van der Waals surface area contributed by atoms with Crippen LogP contribution in [0.15, 0.2) is 78.0 Å². The number of amides is 2. The third-order valence-corrected chi connectivity index (χ3v) is 5.65. The Morgan fingerprint density at radius 3 is 2.38 bits per heavy atom. The van der Waals surface area contributed by atoms with Gasteiger partial charge in [0.2, 0.25) is 5.91 Å². The predicted octanol–water partition coefficient (Wildman–Crippen LogP) is 5.15. The minimum Gasteiger partial charge on any atom is -0.325 e. The fourth-order valence-corrected chi connectivity index (χ4v) is 3.71. The van der Waals surface area contributed by atoms with Gasteiger partial charge < -0.3 is 10.6 Å². The highest BCUT2D eigenvalue weighted by atomic mass is 32.2. The van der Waals surface area contributed by atoms with E-state index in [9.17, 15) is 9.59 Å². The largest absolute Gasteiger partial charge is 0.325 e. The lowest BCUT2D eigenvalue weighted by Crippen LogP contribution is -2.24. The minimum atomic E-state index is -0.244. The van der Waals surface area contributed by atoms with Crippen LogP contribution >= 0.6 is 11.8 Å². The first kappa shape index (κ1) is 20.6. The zero-order chi connectivity index (χ0) is 20.6. The third kappa shape index (κ3) is 5.93. The van der Waals surface area contributed by atoms with E-state index in [0.29, 0.717) is 17.7 Å². The van der Waals surface area contributed by atoms with Crippen molar-refractivity contribution in [1.82, 2.24) is 4.98 Å². The maximum absolute atomic E-state index is 12.6. The fourth-order valence-electron chi connectivity index (χ4n) is 2.70. The summed E-state index contributed by atoms with van der Waals surface area (Å²) in [6.45, 7) is 3.96. The highest BCUT2D eigenvalue weighted by molar-refractivity contribution is 8.00. The van der Waals surface area contributed by atoms with Gasteiger partial charge in [-0.05, 0) is 55.8 Å². The first-order valence-corrected chi connectivity index (χ1v) is 10.3. The number of anilines is 2. The van der Waals surface area contributed by atoms with E-state index < -0.39 is 0 Å². The van der Waals surface area contributed by atoms with E-state index in [1.807, 2.05) is 50.2 Å². The molecule has 1 aromatic heterocycles. The smallest absolute Gasteiger partial charge is 0.255 e. The summed E-state index contributed by atoms with van der Waals surface area (Å²) >= 11 is 1.48. The van der Waals surface area contributed by atoms with Crippen LogP contribution in [0.3, 0.4) is 0 Å². The van der Waals surface area contributed by atoms with Crippen LogP contribution in [0.4, 0.5) is 11.4 Å². The summed E-state index contributed by atoms with van der Waals surface area (Å²) in [4.78, 5) is 29.9. The molecule has 3 rings (SSSR count). The summed E-state index contributed by atoms with van der Waals surface area (Å²) < 4.78 is 0. The van der Waals surface area contributed by atoms with Crippen molar-refractivity contribution >= 4 is 35.0 Å². The van der Waals surface area contributed by atoms with Crippen LogP contribution in [0, 0.1) is 6.92 Å². The number of nitrogens with zero attached hydrogens (tertiary/aromatic N) is 1. The number of nitrogens with one attached hydrogen (secondary N) is 2. The number of carbonyl (C=O) groups is 2. The maximum atomic E-state index is 12.6. The van der Waals surface area contributed by atoms with Crippen molar-refractivity contribution < 1.29 is 9.59 Å². The Hall–Kier alpha value is -3.12. The van der Waals surface area contributed by atoms with Crippen LogP contribution in [0.5, 0.6) is 0 Å². The normalized spacial score (nSPS) is 11.5. The van der Waals surface area contributed by atoms with Crippen LogP contribution in [-0.2, 0) is 4.79 Å². The van der Waals surface area contributed by atoms with Crippen LogP contribution in [-0.4, -0.2) is 22.0 Å². The standard InChI is InChI=1S/C23H23N3O2S/c1-3-21(23(28)25-18-11-13-24-14-12-18)29-20-6-4-5-19(15-20)26-22(27)17-9-7-16(2)8-10-17/h4-15,21H,3H2,1-2H3,(H,26,27)(H,24,25,28). The maximum Gasteiger partial charge on any atom is 0.255 e. The molecule has 0 fully saturated rings. The first-order valence-electron chi connectivity index (χ1n) is 9.41. The second kappa shape index (κ2) is 9.89. The number of benzene rings is 2. The number of aryl methyl sites for hydroxylation is 1. The van der Waals surface area contributed by atoms with Crippen LogP contribution in [0.2, 0.25) is 0 Å². The molecule has 5 nitrogen and oxygen atoms in total. The zero-order valence-corrected chi connectivity index (χ0v) is 17.2. The molecule has 0 saturated carbocycles. The van der Waals surface area contributed by atoms with Crippen molar-refractivity contribution in [1.29, 1.82) is 0 Å². The Kier molecular flexibility index (Phi) is 7.03. The predicted molar refractivity (Wildman–Crippen MR) is 118 cm³/mol. The Bertz CT molecular complexity index is 975. The molecule has 0 saturated heterocycles.